The molecule has 0 unspecified atom stereocenters. The van der Waals surface area contributed by atoms with Gasteiger partial charge in [0.1, 0.15) is 30.3 Å². The number of nitrogens with zero attached hydrogens (tertiary/aromatic N) is 3. The molecule has 0 aromatic carbocycles. The van der Waals surface area contributed by atoms with Gasteiger partial charge < -0.3 is 14.5 Å². The molecule has 5 rings (SSSR count). The van der Waals surface area contributed by atoms with E-state index >= 15 is 0 Å². The van der Waals surface area contributed by atoms with E-state index in [1.54, 1.807) is 15.3 Å². The van der Waals surface area contributed by atoms with Gasteiger partial charge in [-0.05, 0) is 43.6 Å². The number of nitrogens with one attached hydrogen (secondary N) is 1. The molecule has 2 saturated heterocycles. The molecule has 140 valence electrons. The molecule has 1 atom stereocenters. The van der Waals surface area contributed by atoms with Gasteiger partial charge in [-0.15, -0.1) is 11.3 Å². The second-order valence-corrected chi connectivity index (χ2v) is 9.31. The number of hydrogen-bond donors (Lipinski definition) is 1. The van der Waals surface area contributed by atoms with Crippen LogP contribution < -0.4 is 9.80 Å². The van der Waals surface area contributed by atoms with Gasteiger partial charge in [-0.2, -0.15) is 0 Å². The van der Waals surface area contributed by atoms with Crippen molar-refractivity contribution < 1.29 is 9.64 Å². The maximum Gasteiger partial charge on any atom is 0.187 e. The third kappa shape index (κ3) is 3.12. The maximum absolute atomic E-state index is 5.51. The van der Waals surface area contributed by atoms with E-state index in [-0.39, 0.29) is 0 Å². The number of anilines is 1. The van der Waals surface area contributed by atoms with Crippen molar-refractivity contribution >= 4 is 27.4 Å². The molecule has 1 aliphatic carbocycles. The molecular weight excluding hydrogens is 344 g/mol. The zero-order valence-corrected chi connectivity index (χ0v) is 16.5. The van der Waals surface area contributed by atoms with Gasteiger partial charge in [0.25, 0.3) is 0 Å². The molecule has 0 amide bonds. The molecule has 0 spiro atoms. The van der Waals surface area contributed by atoms with Crippen LogP contribution in [0.3, 0.4) is 0 Å². The van der Waals surface area contributed by atoms with Crippen LogP contribution >= 0.6 is 11.3 Å². The largest absolute Gasteiger partial charge is 0.370 e. The zero-order valence-electron chi connectivity index (χ0n) is 15.7. The highest BCUT2D eigenvalue weighted by Crippen LogP contribution is 2.41. The molecule has 2 fully saturated rings. The molecular formula is C20H29N4OS+. The van der Waals surface area contributed by atoms with Crippen molar-refractivity contribution in [2.45, 2.75) is 45.6 Å². The molecule has 2 aromatic heterocycles. The number of ether oxygens (including phenoxy) is 1. The summed E-state index contributed by atoms with van der Waals surface area (Å²) in [6.45, 7) is 9.47. The molecule has 26 heavy (non-hydrogen) atoms. The summed E-state index contributed by atoms with van der Waals surface area (Å²) in [4.78, 5) is 17.1. The fraction of sp³-hybridized carbons (Fsp3) is 0.700. The lowest BCUT2D eigenvalue weighted by Crippen LogP contribution is -3.12. The van der Waals surface area contributed by atoms with E-state index in [1.165, 1.54) is 48.1 Å². The van der Waals surface area contributed by atoms with Gasteiger partial charge in [-0.3, -0.25) is 0 Å². The van der Waals surface area contributed by atoms with Gasteiger partial charge in [0, 0.05) is 18.0 Å². The van der Waals surface area contributed by atoms with Gasteiger partial charge in [-0.1, -0.05) is 6.92 Å². The molecule has 6 heteroatoms. The summed E-state index contributed by atoms with van der Waals surface area (Å²) in [7, 11) is 0. The summed E-state index contributed by atoms with van der Waals surface area (Å²) in [5, 5.41) is 1.39. The first-order chi connectivity index (χ1) is 12.8. The van der Waals surface area contributed by atoms with Crippen LogP contribution in [-0.4, -0.2) is 49.4 Å². The average Bonchev–Trinajstić information content (AvgIpc) is 3.29. The van der Waals surface area contributed by atoms with E-state index < -0.39 is 0 Å². The van der Waals surface area contributed by atoms with Crippen molar-refractivity contribution in [2.24, 2.45) is 5.92 Å². The van der Waals surface area contributed by atoms with E-state index in [4.69, 9.17) is 14.7 Å². The van der Waals surface area contributed by atoms with Crippen LogP contribution in [0.25, 0.3) is 10.2 Å². The molecule has 3 aliphatic rings. The minimum Gasteiger partial charge on any atom is -0.370 e. The number of quaternary nitrogens is 1. The van der Waals surface area contributed by atoms with E-state index in [0.717, 1.165) is 57.7 Å². The van der Waals surface area contributed by atoms with Crippen LogP contribution in [0.2, 0.25) is 0 Å². The molecule has 2 aromatic rings. The van der Waals surface area contributed by atoms with E-state index in [9.17, 15) is 0 Å². The van der Waals surface area contributed by atoms with Crippen molar-refractivity contribution in [3.8, 4) is 0 Å². The highest BCUT2D eigenvalue weighted by atomic mass is 32.1. The molecule has 0 bridgehead atoms. The number of morpholine rings is 1. The number of rotatable bonds is 3. The minimum absolute atomic E-state index is 0.802. The minimum atomic E-state index is 0.802. The molecule has 4 heterocycles. The van der Waals surface area contributed by atoms with Crippen LogP contribution in [-0.2, 0) is 24.1 Å². The zero-order chi connectivity index (χ0) is 17.5. The maximum atomic E-state index is 5.51. The molecule has 0 saturated carbocycles. The Balaban J connectivity index is 1.56. The van der Waals surface area contributed by atoms with E-state index in [1.807, 2.05) is 11.3 Å². The summed E-state index contributed by atoms with van der Waals surface area (Å²) >= 11 is 1.94. The Hall–Kier alpha value is -1.24. The smallest absolute Gasteiger partial charge is 0.187 e. The average molecular weight is 374 g/mol. The Bertz CT molecular complexity index is 793. The van der Waals surface area contributed by atoms with Crippen LogP contribution in [0.5, 0.6) is 0 Å². The first kappa shape index (κ1) is 16.9. The van der Waals surface area contributed by atoms with Crippen LogP contribution in [0.15, 0.2) is 0 Å². The first-order valence-corrected chi connectivity index (χ1v) is 11.1. The van der Waals surface area contributed by atoms with Gasteiger partial charge in [0.2, 0.25) is 0 Å². The molecule has 1 N–H and O–H groups in total. The fourth-order valence-corrected chi connectivity index (χ4v) is 6.06. The summed E-state index contributed by atoms with van der Waals surface area (Å²) in [6, 6.07) is 0. The van der Waals surface area contributed by atoms with Gasteiger partial charge >= 0.3 is 0 Å². The molecule has 2 aliphatic heterocycles. The normalized spacial score (nSPS) is 24.3. The summed E-state index contributed by atoms with van der Waals surface area (Å²) in [5.41, 5.74) is 1.57. The van der Waals surface area contributed by atoms with Crippen LogP contribution in [0.1, 0.15) is 42.5 Å². The lowest BCUT2D eigenvalue weighted by molar-refractivity contribution is -0.922. The van der Waals surface area contributed by atoms with Crippen LogP contribution in [0, 0.1) is 5.92 Å². The monoisotopic (exact) mass is 373 g/mol. The van der Waals surface area contributed by atoms with Gasteiger partial charge in [0.05, 0.1) is 18.6 Å². The van der Waals surface area contributed by atoms with E-state index in [0.29, 0.717) is 0 Å². The van der Waals surface area contributed by atoms with Gasteiger partial charge in [-0.25, -0.2) is 9.97 Å². The second kappa shape index (κ2) is 7.06. The third-order valence-corrected chi connectivity index (χ3v) is 7.34. The number of fused-ring (bicyclic) bond motifs is 3. The number of hydrogen-bond acceptors (Lipinski definition) is 5. The van der Waals surface area contributed by atoms with Crippen molar-refractivity contribution in [3.05, 3.63) is 16.3 Å². The topological polar surface area (TPSA) is 42.7 Å². The quantitative estimate of drug-likeness (QED) is 0.891. The fourth-order valence-electron chi connectivity index (χ4n) is 4.66. The van der Waals surface area contributed by atoms with Crippen molar-refractivity contribution in [1.82, 2.24) is 9.97 Å². The first-order valence-electron chi connectivity index (χ1n) is 10.3. The highest BCUT2D eigenvalue weighted by molar-refractivity contribution is 7.19. The Morgan fingerprint density at radius 1 is 1.19 bits per heavy atom. The lowest BCUT2D eigenvalue weighted by atomic mass is 9.89. The van der Waals surface area contributed by atoms with Crippen molar-refractivity contribution in [2.75, 3.05) is 44.3 Å². The Labute approximate surface area is 159 Å². The predicted molar refractivity (Wildman–Crippen MR) is 105 cm³/mol. The standard InChI is InChI=1S/C20H28N4OS/c1-14-4-5-15-16(12-14)26-20-18(15)19(24-6-2-3-7-24)21-17(22-20)13-23-8-10-25-11-9-23/h14H,2-13H2,1H3/p+1/t14-/m1/s1. The van der Waals surface area contributed by atoms with E-state index in [2.05, 4.69) is 11.8 Å². The second-order valence-electron chi connectivity index (χ2n) is 8.23. The Kier molecular flexibility index (Phi) is 4.59. The summed E-state index contributed by atoms with van der Waals surface area (Å²) in [6.07, 6.45) is 6.31. The van der Waals surface area contributed by atoms with Crippen molar-refractivity contribution in [3.63, 3.8) is 0 Å². The molecule has 0 radical (unpaired) electrons. The highest BCUT2D eigenvalue weighted by Gasteiger charge is 2.27. The summed E-state index contributed by atoms with van der Waals surface area (Å²) < 4.78 is 5.51. The third-order valence-electron chi connectivity index (χ3n) is 6.20. The predicted octanol–water partition coefficient (Wildman–Crippen LogP) is 1.83. The summed E-state index contributed by atoms with van der Waals surface area (Å²) in [5.74, 6) is 3.07. The number of aryl methyl sites for hydroxylation is 1. The lowest BCUT2D eigenvalue weighted by Gasteiger charge is -2.24. The van der Waals surface area contributed by atoms with Crippen LogP contribution in [0.4, 0.5) is 5.82 Å². The number of thiophene rings is 1. The number of aromatic nitrogens is 2. The van der Waals surface area contributed by atoms with Crippen molar-refractivity contribution in [1.29, 1.82) is 0 Å². The molecule has 5 nitrogen and oxygen atoms in total. The van der Waals surface area contributed by atoms with Gasteiger partial charge in [0.15, 0.2) is 5.82 Å². The Morgan fingerprint density at radius 3 is 2.81 bits per heavy atom. The Morgan fingerprint density at radius 2 is 2.00 bits per heavy atom. The SMILES string of the molecule is C[C@@H]1CCc2c(sc3nc(C[NH+]4CCOCC4)nc(N4CCCC4)c23)C1.